The molecule has 0 heterocycles. The maximum atomic E-state index is 5.48. The van der Waals surface area contributed by atoms with Gasteiger partial charge in [-0.2, -0.15) is 0 Å². The van der Waals surface area contributed by atoms with E-state index in [1.165, 1.54) is 0 Å². The van der Waals surface area contributed by atoms with Crippen molar-refractivity contribution < 1.29 is 9.26 Å². The lowest BCUT2D eigenvalue weighted by Gasteiger charge is -2.13. The highest BCUT2D eigenvalue weighted by molar-refractivity contribution is 7.09. The van der Waals surface area contributed by atoms with E-state index in [1.54, 1.807) is 0 Å². The van der Waals surface area contributed by atoms with Crippen LogP contribution in [0.2, 0.25) is 0 Å². The van der Waals surface area contributed by atoms with E-state index in [2.05, 4.69) is 15.4 Å². The maximum absolute atomic E-state index is 5.48. The summed E-state index contributed by atoms with van der Waals surface area (Å²) < 4.78 is 10.5. The first-order valence-corrected chi connectivity index (χ1v) is 4.81. The van der Waals surface area contributed by atoms with Crippen molar-refractivity contribution in [1.29, 1.82) is 0 Å². The van der Waals surface area contributed by atoms with Gasteiger partial charge in [0, 0.05) is 15.9 Å². The molecule has 0 aliphatic rings. The van der Waals surface area contributed by atoms with Gasteiger partial charge in [0.25, 0.3) is 0 Å². The molecule has 2 atom stereocenters. The van der Waals surface area contributed by atoms with Crippen molar-refractivity contribution in [2.24, 2.45) is 0 Å². The fourth-order valence-corrected chi connectivity index (χ4v) is 1.16. The van der Waals surface area contributed by atoms with E-state index in [0.29, 0.717) is 13.0 Å². The number of rotatable bonds is 5. The molecule has 2 nitrogen and oxygen atoms in total. The Kier molecular flexibility index (Phi) is 5.07. The van der Waals surface area contributed by atoms with Crippen molar-refractivity contribution in [3.05, 3.63) is 30.3 Å². The molecular weight excluding hydrogens is 195 g/mol. The summed E-state index contributed by atoms with van der Waals surface area (Å²) in [5.41, 5.74) is 0. The predicted molar refractivity (Wildman–Crippen MR) is 60.0 cm³/mol. The van der Waals surface area contributed by atoms with Crippen LogP contribution in [0.25, 0.3) is 0 Å². The Bertz CT molecular complexity index is 292. The fourth-order valence-electron chi connectivity index (χ4n) is 0.984. The smallest absolute Gasteiger partial charge is 0.119 e. The van der Waals surface area contributed by atoms with E-state index in [1.807, 2.05) is 30.3 Å². The highest BCUT2D eigenvalue weighted by Gasteiger charge is 2.05. The number of benzene rings is 1. The van der Waals surface area contributed by atoms with E-state index in [0.717, 1.165) is 5.75 Å². The van der Waals surface area contributed by atoms with E-state index in [9.17, 15) is 0 Å². The molecule has 0 aliphatic carbocycles. The second-order valence-corrected chi connectivity index (χ2v) is 3.06. The maximum Gasteiger partial charge on any atom is 0.119 e. The summed E-state index contributed by atoms with van der Waals surface area (Å²) in [6, 6.07) is 9.59. The van der Waals surface area contributed by atoms with E-state index in [-0.39, 0.29) is 6.10 Å². The zero-order valence-electron chi connectivity index (χ0n) is 7.85. The molecule has 0 saturated heterocycles. The van der Waals surface area contributed by atoms with Crippen LogP contribution in [0.5, 0.6) is 5.75 Å². The van der Waals surface area contributed by atoms with Crippen molar-refractivity contribution in [2.75, 3.05) is 6.61 Å². The Morgan fingerprint density at radius 1 is 1.36 bits per heavy atom. The van der Waals surface area contributed by atoms with E-state index in [4.69, 9.17) is 15.7 Å². The Balaban J connectivity index is 2.36. The minimum Gasteiger partial charge on any atom is -0.491 e. The van der Waals surface area contributed by atoms with Crippen LogP contribution >= 0.6 is 9.47 Å². The fraction of sp³-hybridized carbons (Fsp3) is 0.273. The molecule has 74 valence electrons. The van der Waals surface area contributed by atoms with Gasteiger partial charge >= 0.3 is 0 Å². The molecule has 0 amide bonds. The topological polar surface area (TPSA) is 18.5 Å². The summed E-state index contributed by atoms with van der Waals surface area (Å²) in [5.74, 6) is 3.37. The Hall–Kier alpha value is -1.03. The van der Waals surface area contributed by atoms with Crippen molar-refractivity contribution in [1.82, 2.24) is 0 Å². The van der Waals surface area contributed by atoms with Gasteiger partial charge in [0.1, 0.15) is 18.5 Å². The highest BCUT2D eigenvalue weighted by Crippen LogP contribution is 2.11. The molecule has 3 heteroatoms. The number of terminal acetylenes is 1. The van der Waals surface area contributed by atoms with Crippen molar-refractivity contribution in [2.45, 2.75) is 12.5 Å². The first kappa shape index (κ1) is 11.0. The van der Waals surface area contributed by atoms with Crippen molar-refractivity contribution in [3.63, 3.8) is 0 Å². The monoisotopic (exact) mass is 208 g/mol. The quantitative estimate of drug-likeness (QED) is 0.546. The lowest BCUT2D eigenvalue weighted by molar-refractivity contribution is 0.153. The van der Waals surface area contributed by atoms with Crippen molar-refractivity contribution in [3.8, 4) is 18.1 Å². The second kappa shape index (κ2) is 6.43. The average Bonchev–Trinajstić information content (AvgIpc) is 2.25. The Labute approximate surface area is 86.9 Å². The third-order valence-corrected chi connectivity index (χ3v) is 2.10. The molecule has 14 heavy (non-hydrogen) atoms. The Morgan fingerprint density at radius 3 is 2.64 bits per heavy atom. The third-order valence-electron chi connectivity index (χ3n) is 1.72. The number of hydrogen-bond acceptors (Lipinski definition) is 2. The summed E-state index contributed by atoms with van der Waals surface area (Å²) in [7, 11) is 2.20. The molecule has 0 aromatic heterocycles. The van der Waals surface area contributed by atoms with Crippen LogP contribution in [-0.2, 0) is 4.52 Å². The Morgan fingerprint density at radius 2 is 2.07 bits per heavy atom. The zero-order chi connectivity index (χ0) is 10.2. The number of hydrogen-bond donors (Lipinski definition) is 0. The average molecular weight is 208 g/mol. The standard InChI is InChI=1S/C11H13O2P/c1-2-6-11(13-14)9-12-10-7-4-3-5-8-10/h1,3-5,7-8,11H,6,9,14H2/t11-/m1/s1. The largest absolute Gasteiger partial charge is 0.491 e. The van der Waals surface area contributed by atoms with Gasteiger partial charge in [-0.15, -0.1) is 12.3 Å². The van der Waals surface area contributed by atoms with Crippen LogP contribution in [0.3, 0.4) is 0 Å². The molecule has 1 unspecified atom stereocenters. The molecular formula is C11H13O2P. The van der Waals surface area contributed by atoms with Crippen molar-refractivity contribution >= 4 is 9.47 Å². The van der Waals surface area contributed by atoms with Gasteiger partial charge in [-0.05, 0) is 12.1 Å². The molecule has 0 aliphatic heterocycles. The van der Waals surface area contributed by atoms with Crippen LogP contribution in [0, 0.1) is 12.3 Å². The molecule has 1 aromatic carbocycles. The first-order valence-electron chi connectivity index (χ1n) is 4.33. The summed E-state index contributed by atoms with van der Waals surface area (Å²) in [6.45, 7) is 0.470. The SMILES string of the molecule is C#CC[C@H](COc1ccccc1)OP. The minimum atomic E-state index is -0.0646. The number of para-hydroxylation sites is 1. The van der Waals surface area contributed by atoms with Gasteiger partial charge in [-0.25, -0.2) is 0 Å². The number of ether oxygens (including phenoxy) is 1. The highest BCUT2D eigenvalue weighted by atomic mass is 31.0. The van der Waals surface area contributed by atoms with Gasteiger partial charge in [0.15, 0.2) is 0 Å². The van der Waals surface area contributed by atoms with Gasteiger partial charge < -0.3 is 9.26 Å². The summed E-state index contributed by atoms with van der Waals surface area (Å²) in [5, 5.41) is 0. The molecule has 0 spiro atoms. The molecule has 1 rings (SSSR count). The van der Waals surface area contributed by atoms with Crippen LogP contribution in [-0.4, -0.2) is 12.7 Å². The predicted octanol–water partition coefficient (Wildman–Crippen LogP) is 2.26. The minimum absolute atomic E-state index is 0.0646. The van der Waals surface area contributed by atoms with Crippen LogP contribution < -0.4 is 4.74 Å². The van der Waals surface area contributed by atoms with Crippen LogP contribution in [0.15, 0.2) is 30.3 Å². The van der Waals surface area contributed by atoms with Gasteiger partial charge in [-0.1, -0.05) is 18.2 Å². The van der Waals surface area contributed by atoms with Crippen LogP contribution in [0.1, 0.15) is 6.42 Å². The molecule has 0 fully saturated rings. The lowest BCUT2D eigenvalue weighted by Crippen LogP contribution is -2.17. The van der Waals surface area contributed by atoms with Gasteiger partial charge in [0.05, 0.1) is 0 Å². The zero-order valence-corrected chi connectivity index (χ0v) is 9.00. The summed E-state index contributed by atoms with van der Waals surface area (Å²) in [6.07, 6.45) is 5.67. The summed E-state index contributed by atoms with van der Waals surface area (Å²) >= 11 is 0. The van der Waals surface area contributed by atoms with Crippen LogP contribution in [0.4, 0.5) is 0 Å². The lowest BCUT2D eigenvalue weighted by atomic mass is 10.3. The van der Waals surface area contributed by atoms with E-state index >= 15 is 0 Å². The summed E-state index contributed by atoms with van der Waals surface area (Å²) in [4.78, 5) is 0. The molecule has 0 radical (unpaired) electrons. The van der Waals surface area contributed by atoms with E-state index < -0.39 is 0 Å². The molecule has 0 N–H and O–H groups in total. The van der Waals surface area contributed by atoms with Gasteiger partial charge in [-0.3, -0.25) is 0 Å². The third kappa shape index (κ3) is 3.79. The van der Waals surface area contributed by atoms with Gasteiger partial charge in [0.2, 0.25) is 0 Å². The molecule has 0 saturated carbocycles. The molecule has 1 aromatic rings. The first-order chi connectivity index (χ1) is 6.86. The second-order valence-electron chi connectivity index (χ2n) is 2.79. The molecule has 0 bridgehead atoms. The normalized spacial score (nSPS) is 11.7.